The number of para-hydroxylation sites is 1. The predicted molar refractivity (Wildman–Crippen MR) is 285 cm³/mol. The number of imidazole rings is 1. The van der Waals surface area contributed by atoms with Gasteiger partial charge in [-0.1, -0.05) is 192 Å². The van der Waals surface area contributed by atoms with Crippen molar-refractivity contribution in [1.29, 1.82) is 0 Å². The molecule has 338 valence electrons. The highest BCUT2D eigenvalue weighted by Gasteiger charge is 2.30. The Morgan fingerprint density at radius 3 is 1.88 bits per heavy atom. The number of aromatic hydroxyl groups is 1. The highest BCUT2D eigenvalue weighted by atomic mass is 28.3. The van der Waals surface area contributed by atoms with E-state index in [1.54, 1.807) is 24.3 Å². The van der Waals surface area contributed by atoms with Crippen molar-refractivity contribution >= 4 is 24.3 Å². The molecule has 5 heteroatoms. The third-order valence-electron chi connectivity index (χ3n) is 11.8. The van der Waals surface area contributed by atoms with E-state index in [1.807, 2.05) is 77.9 Å². The summed E-state index contributed by atoms with van der Waals surface area (Å²) in [6.07, 6.45) is 1.35. The van der Waals surface area contributed by atoms with Gasteiger partial charge in [0.05, 0.1) is 45.6 Å². The number of phenolic OH excluding ortho intramolecular Hbond substituents is 1. The summed E-state index contributed by atoms with van der Waals surface area (Å²) in [5, 5.41) is 14.3. The first-order chi connectivity index (χ1) is 41.2. The second-order valence-electron chi connectivity index (χ2n) is 20.0. The van der Waals surface area contributed by atoms with E-state index in [0.717, 1.165) is 5.19 Å². The fourth-order valence-electron chi connectivity index (χ4n) is 7.99. The zero-order valence-corrected chi connectivity index (χ0v) is 39.5. The van der Waals surface area contributed by atoms with Gasteiger partial charge in [-0.05, 0) is 109 Å². The average molecular weight is 913 g/mol. The molecule has 2 aromatic heterocycles. The minimum absolute atomic E-state index is 0.0111. The lowest BCUT2D eigenvalue weighted by Gasteiger charge is -2.28. The molecule has 6 aromatic carbocycles. The van der Waals surface area contributed by atoms with Crippen LogP contribution in [0.25, 0.3) is 72.7 Å². The average Bonchev–Trinajstić information content (AvgIpc) is 1.30. The van der Waals surface area contributed by atoms with Crippen molar-refractivity contribution in [3.63, 3.8) is 0 Å². The molecule has 0 unspecified atom stereocenters. The summed E-state index contributed by atoms with van der Waals surface area (Å²) in [5.74, 6) is -2.23. The summed E-state index contributed by atoms with van der Waals surface area (Å²) in [5.41, 5.74) is -11.3. The number of pyridine rings is 1. The molecule has 0 atom stereocenters. The molecule has 8 aromatic rings. The number of phenols is 1. The maximum absolute atomic E-state index is 13.2. The summed E-state index contributed by atoms with van der Waals surface area (Å²) in [4.78, 5) is 9.75. The van der Waals surface area contributed by atoms with E-state index in [-0.39, 0.29) is 51.7 Å². The normalized spacial score (nSPS) is 19.5. The first-order valence-corrected chi connectivity index (χ1v) is 25.1. The SMILES string of the molecule is [2H]c1cnc(-c2cc(-c3cccc4c3nc(-c3cc(C(C([2H])([2H])[2H])(C([2H])([2H])[2H])C([2H])([2H])[2H])cc(C(C([2H])([2H])[2H])(C([2H])([2H])[2H])C([2H])([2H])[2H])c3O)n4-c3ccc(C(C)(C)C)cc3-c3c([2H])c([2H])c([2H])c([2H])c3[2H])cc(C(C)(C)C)c2)c([2H])c1-c1ccc([Si](C)(C)C)cc1. The quantitative estimate of drug-likeness (QED) is 0.162. The maximum Gasteiger partial charge on any atom is 0.149 e. The smallest absolute Gasteiger partial charge is 0.149 e. The van der Waals surface area contributed by atoms with Crippen molar-refractivity contribution < 1.29 is 39.4 Å². The van der Waals surface area contributed by atoms with E-state index in [1.165, 1.54) is 29.0 Å². The molecule has 8 rings (SSSR count). The molecule has 66 heavy (non-hydrogen) atoms. The molecule has 0 spiro atoms. The van der Waals surface area contributed by atoms with Gasteiger partial charge in [-0.2, -0.15) is 0 Å². The van der Waals surface area contributed by atoms with Crippen LogP contribution >= 0.6 is 0 Å². The number of fused-ring (bicyclic) bond motifs is 1. The van der Waals surface area contributed by atoms with Crippen LogP contribution in [0.15, 0.2) is 139 Å². The van der Waals surface area contributed by atoms with Crippen LogP contribution in [0.5, 0.6) is 5.75 Å². The molecule has 4 nitrogen and oxygen atoms in total. The summed E-state index contributed by atoms with van der Waals surface area (Å²) >= 11 is 0. The Morgan fingerprint density at radius 2 is 1.23 bits per heavy atom. The number of benzene rings is 6. The van der Waals surface area contributed by atoms with Crippen molar-refractivity contribution in [1.82, 2.24) is 14.5 Å². The Labute approximate surface area is 431 Å². The third-order valence-corrected chi connectivity index (χ3v) is 13.9. The first kappa shape index (κ1) is 24.6. The summed E-state index contributed by atoms with van der Waals surface area (Å²) in [6.45, 7) is -7.42. The van der Waals surface area contributed by atoms with Gasteiger partial charge >= 0.3 is 0 Å². The second-order valence-corrected chi connectivity index (χ2v) is 25.1. The fourth-order valence-corrected chi connectivity index (χ4v) is 9.15. The monoisotopic (exact) mass is 913 g/mol. The second kappa shape index (κ2) is 16.7. The van der Waals surface area contributed by atoms with Crippen LogP contribution in [0.4, 0.5) is 0 Å². The number of hydrogen-bond acceptors (Lipinski definition) is 3. The molecule has 0 aliphatic carbocycles. The fraction of sp³-hybridized carbons (Fsp3) is 0.311. The van der Waals surface area contributed by atoms with Crippen molar-refractivity contribution in [3.05, 3.63) is 162 Å². The van der Waals surface area contributed by atoms with Gasteiger partial charge in [-0.3, -0.25) is 9.55 Å². The molecule has 0 aliphatic heterocycles. The molecule has 1 N–H and O–H groups in total. The molecule has 2 heterocycles. The topological polar surface area (TPSA) is 50.9 Å². The molecule has 0 amide bonds. The molecule has 0 bridgehead atoms. The summed E-state index contributed by atoms with van der Waals surface area (Å²) < 4.78 is 223. The Hall–Kier alpha value is -6.04. The lowest BCUT2D eigenvalue weighted by molar-refractivity contribution is 0.446. The number of rotatable bonds is 7. The highest BCUT2D eigenvalue weighted by molar-refractivity contribution is 6.88. The molecule has 0 saturated carbocycles. The van der Waals surface area contributed by atoms with Crippen LogP contribution in [-0.2, 0) is 21.7 Å². The Kier molecular flexibility index (Phi) is 6.23. The van der Waals surface area contributed by atoms with E-state index in [9.17, 15) is 9.22 Å². The number of nitrogens with zero attached hydrogens (tertiary/aromatic N) is 3. The minimum Gasteiger partial charge on any atom is -0.507 e. The molecule has 0 radical (unpaired) electrons. The molecule has 0 fully saturated rings. The predicted octanol–water partition coefficient (Wildman–Crippen LogP) is 16.2. The lowest BCUT2D eigenvalue weighted by atomic mass is 9.79. The van der Waals surface area contributed by atoms with Gasteiger partial charge in [0.25, 0.3) is 0 Å². The first-order valence-electron chi connectivity index (χ1n) is 34.1. The maximum atomic E-state index is 13.2. The highest BCUT2D eigenvalue weighted by Crippen LogP contribution is 2.46. The van der Waals surface area contributed by atoms with Gasteiger partial charge in [0.15, 0.2) is 0 Å². The Morgan fingerprint density at radius 1 is 0.576 bits per heavy atom. The van der Waals surface area contributed by atoms with Crippen LogP contribution in [0.3, 0.4) is 0 Å². The van der Waals surface area contributed by atoms with Gasteiger partial charge in [0.1, 0.15) is 11.6 Å². The van der Waals surface area contributed by atoms with Crippen molar-refractivity contribution in [2.24, 2.45) is 0 Å². The van der Waals surface area contributed by atoms with Crippen LogP contribution in [0.2, 0.25) is 19.6 Å². The van der Waals surface area contributed by atoms with Crippen molar-refractivity contribution in [2.75, 3.05) is 0 Å². The number of aromatic nitrogens is 3. The van der Waals surface area contributed by atoms with Crippen LogP contribution in [-0.4, -0.2) is 27.7 Å². The zero-order chi connectivity index (χ0) is 68.8. The lowest BCUT2D eigenvalue weighted by Crippen LogP contribution is -2.37. The summed E-state index contributed by atoms with van der Waals surface area (Å²) in [7, 11) is -1.76. The zero-order valence-electron chi connectivity index (χ0n) is 63.5. The minimum atomic E-state index is -4.29. The van der Waals surface area contributed by atoms with Crippen molar-refractivity contribution in [2.45, 2.75) is 124 Å². The molecular weight excluding hydrogens is 819 g/mol. The standard InChI is InChI=1S/C61H69N3OSi/c1-58(2,3)44-26-29-53(49(36-44)40-20-17-16-18-21-40)64-54-23-19-22-48(55(54)63-57(64)50-37-46(60(7,8)9)38-51(56(50)65)61(10,11)12)42-32-43(34-45(33-42)59(4,5)6)52-35-41(30-31-62-52)39-24-27-47(28-25-39)66(13,14)15/h16-38,65H,1-15H3/i7D3,8D3,9D3,10D3,11D3,12D3,16D,17D,18D,20D,21D,30D,35D. The van der Waals surface area contributed by atoms with E-state index < -0.39 is 135 Å². The van der Waals surface area contributed by atoms with Crippen LogP contribution in [0.1, 0.15) is 139 Å². The Bertz CT molecular complexity index is 4090. The van der Waals surface area contributed by atoms with Crippen molar-refractivity contribution in [3.8, 4) is 67.5 Å². The van der Waals surface area contributed by atoms with Gasteiger partial charge in [-0.25, -0.2) is 4.98 Å². The van der Waals surface area contributed by atoms with E-state index in [4.69, 9.17) is 35.1 Å². The third kappa shape index (κ3) is 9.20. The van der Waals surface area contributed by atoms with Gasteiger partial charge in [-0.15, -0.1) is 0 Å². The largest absolute Gasteiger partial charge is 0.507 e. The molecule has 0 aliphatic rings. The van der Waals surface area contributed by atoms with E-state index in [0.29, 0.717) is 39.4 Å². The number of hydrogen-bond donors (Lipinski definition) is 1. The summed E-state index contributed by atoms with van der Waals surface area (Å²) in [6, 6.07) is 19.3. The molecule has 0 saturated heterocycles. The van der Waals surface area contributed by atoms with Crippen LogP contribution < -0.4 is 5.19 Å². The van der Waals surface area contributed by atoms with Gasteiger partial charge < -0.3 is 5.11 Å². The van der Waals surface area contributed by atoms with Gasteiger partial charge in [0, 0.05) is 53.1 Å². The molecular formula is C61H69N3OSi. The van der Waals surface area contributed by atoms with Gasteiger partial charge in [0.2, 0.25) is 0 Å². The Balaban J connectivity index is 1.66. The van der Waals surface area contributed by atoms with E-state index in [2.05, 4.69) is 24.6 Å². The van der Waals surface area contributed by atoms with E-state index >= 15 is 0 Å². The van der Waals surface area contributed by atoms with Crippen LogP contribution in [0, 0.1) is 0 Å².